The Morgan fingerprint density at radius 2 is 1.88 bits per heavy atom. The van der Waals surface area contributed by atoms with Crippen LogP contribution in [0.1, 0.15) is 31.7 Å². The minimum absolute atomic E-state index is 0.326. The molecule has 1 saturated heterocycles. The van der Waals surface area contributed by atoms with Crippen LogP contribution < -0.4 is 10.2 Å². The molecule has 1 aliphatic rings. The van der Waals surface area contributed by atoms with E-state index in [4.69, 9.17) is 11.6 Å². The van der Waals surface area contributed by atoms with Gasteiger partial charge in [0.25, 0.3) is 0 Å². The summed E-state index contributed by atoms with van der Waals surface area (Å²) in [7, 11) is 0. The van der Waals surface area contributed by atoms with Gasteiger partial charge in [-0.25, -0.2) is 0 Å². The summed E-state index contributed by atoms with van der Waals surface area (Å²) in [6.07, 6.45) is 4.32. The molecule has 5 nitrogen and oxygen atoms in total. The quantitative estimate of drug-likeness (QED) is 0.826. The molecule has 1 aromatic heterocycles. The summed E-state index contributed by atoms with van der Waals surface area (Å²) in [5.74, 6) is 1.23. The zero-order chi connectivity index (χ0) is 17.6. The van der Waals surface area contributed by atoms with Crippen LogP contribution in [-0.2, 0) is 6.42 Å². The number of anilines is 1. The lowest BCUT2D eigenvalue weighted by atomic mass is 10.0. The number of nitrogens with zero attached hydrogens (tertiary/aromatic N) is 3. The molecule has 1 aromatic carbocycles. The summed E-state index contributed by atoms with van der Waals surface area (Å²) in [5.41, 5.74) is 1.27. The molecule has 25 heavy (non-hydrogen) atoms. The maximum absolute atomic E-state index is 9.34. The van der Waals surface area contributed by atoms with Crippen LogP contribution in [0.25, 0.3) is 0 Å². The molecule has 0 spiro atoms. The second kappa shape index (κ2) is 8.50. The van der Waals surface area contributed by atoms with E-state index >= 15 is 0 Å². The highest BCUT2D eigenvalue weighted by Crippen LogP contribution is 2.19. The molecule has 1 atom stereocenters. The number of nitrogens with one attached hydrogen (secondary N) is 1. The monoisotopic (exact) mass is 360 g/mol. The van der Waals surface area contributed by atoms with Gasteiger partial charge >= 0.3 is 0 Å². The van der Waals surface area contributed by atoms with E-state index in [2.05, 4.69) is 27.3 Å². The zero-order valence-corrected chi connectivity index (χ0v) is 15.3. The number of hydrogen-bond acceptors (Lipinski definition) is 5. The Hall–Kier alpha value is -1.85. The fraction of sp³-hybridized carbons (Fsp3) is 0.474. The first kappa shape index (κ1) is 18.0. The van der Waals surface area contributed by atoms with Crippen LogP contribution in [-0.4, -0.2) is 40.5 Å². The predicted molar refractivity (Wildman–Crippen MR) is 101 cm³/mol. The van der Waals surface area contributed by atoms with E-state index in [0.29, 0.717) is 23.0 Å². The summed E-state index contributed by atoms with van der Waals surface area (Å²) < 4.78 is 0. The molecule has 0 unspecified atom stereocenters. The van der Waals surface area contributed by atoms with Gasteiger partial charge in [0.05, 0.1) is 0 Å². The van der Waals surface area contributed by atoms with Gasteiger partial charge in [0.2, 0.25) is 0 Å². The first-order valence-electron chi connectivity index (χ1n) is 8.88. The molecule has 2 N–H and O–H groups in total. The molecular weight excluding hydrogens is 336 g/mol. The molecule has 2 aromatic rings. The van der Waals surface area contributed by atoms with E-state index in [1.807, 2.05) is 18.2 Å². The summed E-state index contributed by atoms with van der Waals surface area (Å²) in [6, 6.07) is 12.2. The number of phenols is 1. The van der Waals surface area contributed by atoms with Gasteiger partial charge in [-0.05, 0) is 62.4 Å². The first-order chi connectivity index (χ1) is 12.1. The van der Waals surface area contributed by atoms with Gasteiger partial charge in [-0.15, -0.1) is 10.2 Å². The van der Waals surface area contributed by atoms with E-state index in [1.54, 1.807) is 18.2 Å². The molecule has 2 heterocycles. The number of phenolic OH excluding ortho intramolecular Hbond substituents is 1. The highest BCUT2D eigenvalue weighted by molar-refractivity contribution is 6.29. The van der Waals surface area contributed by atoms with Crippen molar-refractivity contribution >= 4 is 17.4 Å². The maximum Gasteiger partial charge on any atom is 0.151 e. The number of hydrogen-bond donors (Lipinski definition) is 2. The summed E-state index contributed by atoms with van der Waals surface area (Å²) >= 11 is 5.80. The van der Waals surface area contributed by atoms with Crippen LogP contribution in [0, 0.1) is 0 Å². The number of halogens is 1. The van der Waals surface area contributed by atoms with Crippen LogP contribution in [0.15, 0.2) is 36.4 Å². The van der Waals surface area contributed by atoms with Crippen LogP contribution in [0.4, 0.5) is 5.82 Å². The van der Waals surface area contributed by atoms with Crippen molar-refractivity contribution < 1.29 is 5.11 Å². The van der Waals surface area contributed by atoms with Crippen molar-refractivity contribution in [2.24, 2.45) is 0 Å². The Labute approximate surface area is 154 Å². The van der Waals surface area contributed by atoms with Gasteiger partial charge < -0.3 is 15.3 Å². The third-order valence-electron chi connectivity index (χ3n) is 4.76. The third-order valence-corrected chi connectivity index (χ3v) is 4.96. The smallest absolute Gasteiger partial charge is 0.151 e. The third kappa shape index (κ3) is 5.31. The van der Waals surface area contributed by atoms with Crippen LogP contribution in [0.5, 0.6) is 5.75 Å². The molecule has 1 fully saturated rings. The standard InChI is InChI=1S/C19H25ClN4O/c1-14(2-3-15-4-6-17(25)7-5-15)21-16-10-12-24(13-11-16)19-9-8-18(20)22-23-19/h4-9,14,16,21,25H,2-3,10-13H2,1H3/t14-/m0/s1. The Kier molecular flexibility index (Phi) is 6.10. The Balaban J connectivity index is 1.40. The Bertz CT molecular complexity index is 654. The fourth-order valence-corrected chi connectivity index (χ4v) is 3.39. The molecule has 0 bridgehead atoms. The number of aromatic nitrogens is 2. The average molecular weight is 361 g/mol. The number of aryl methyl sites for hydroxylation is 1. The van der Waals surface area contributed by atoms with E-state index in [9.17, 15) is 5.11 Å². The highest BCUT2D eigenvalue weighted by atomic mass is 35.5. The molecule has 0 aliphatic carbocycles. The molecule has 3 rings (SSSR count). The van der Waals surface area contributed by atoms with Crippen LogP contribution in [0.2, 0.25) is 5.15 Å². The average Bonchev–Trinajstić information content (AvgIpc) is 2.63. The Morgan fingerprint density at radius 1 is 1.16 bits per heavy atom. The maximum atomic E-state index is 9.34. The molecule has 134 valence electrons. The van der Waals surface area contributed by atoms with Crippen LogP contribution in [0.3, 0.4) is 0 Å². The molecule has 0 amide bonds. The van der Waals surface area contributed by atoms with Gasteiger partial charge in [0, 0.05) is 25.2 Å². The van der Waals surface area contributed by atoms with Crippen molar-refractivity contribution in [1.82, 2.24) is 15.5 Å². The predicted octanol–water partition coefficient (Wildman–Crippen LogP) is 3.42. The van der Waals surface area contributed by atoms with Gasteiger partial charge in [-0.2, -0.15) is 0 Å². The van der Waals surface area contributed by atoms with Crippen molar-refractivity contribution in [1.29, 1.82) is 0 Å². The SMILES string of the molecule is C[C@@H](CCc1ccc(O)cc1)NC1CCN(c2ccc(Cl)nn2)CC1. The number of piperidine rings is 1. The lowest BCUT2D eigenvalue weighted by Gasteiger charge is -2.34. The fourth-order valence-electron chi connectivity index (χ4n) is 3.28. The Morgan fingerprint density at radius 3 is 2.52 bits per heavy atom. The van der Waals surface area contributed by atoms with Crippen molar-refractivity contribution in [3.63, 3.8) is 0 Å². The van der Waals surface area contributed by atoms with Crippen molar-refractivity contribution in [2.75, 3.05) is 18.0 Å². The van der Waals surface area contributed by atoms with Crippen molar-refractivity contribution in [2.45, 2.75) is 44.7 Å². The van der Waals surface area contributed by atoms with Gasteiger partial charge in [0.1, 0.15) is 5.75 Å². The second-order valence-corrected chi connectivity index (χ2v) is 7.14. The summed E-state index contributed by atoms with van der Waals surface area (Å²) in [4.78, 5) is 2.27. The topological polar surface area (TPSA) is 61.3 Å². The zero-order valence-electron chi connectivity index (χ0n) is 14.5. The molecule has 0 radical (unpaired) electrons. The molecular formula is C19H25ClN4O. The second-order valence-electron chi connectivity index (χ2n) is 6.75. The van der Waals surface area contributed by atoms with E-state index in [0.717, 1.165) is 44.6 Å². The largest absolute Gasteiger partial charge is 0.508 e. The molecule has 0 saturated carbocycles. The lowest BCUT2D eigenvalue weighted by molar-refractivity contribution is 0.365. The summed E-state index contributed by atoms with van der Waals surface area (Å²) in [6.45, 7) is 4.22. The van der Waals surface area contributed by atoms with E-state index in [1.165, 1.54) is 5.56 Å². The molecule has 1 aliphatic heterocycles. The number of rotatable bonds is 6. The summed E-state index contributed by atoms with van der Waals surface area (Å²) in [5, 5.41) is 21.6. The minimum atomic E-state index is 0.326. The van der Waals surface area contributed by atoms with Gasteiger partial charge in [0.15, 0.2) is 11.0 Å². The molecule has 6 heteroatoms. The van der Waals surface area contributed by atoms with Crippen LogP contribution >= 0.6 is 11.6 Å². The normalized spacial score (nSPS) is 16.8. The highest BCUT2D eigenvalue weighted by Gasteiger charge is 2.21. The number of aromatic hydroxyl groups is 1. The van der Waals surface area contributed by atoms with Gasteiger partial charge in [-0.1, -0.05) is 23.7 Å². The lowest BCUT2D eigenvalue weighted by Crippen LogP contribution is -2.45. The van der Waals surface area contributed by atoms with Crippen molar-refractivity contribution in [3.8, 4) is 5.75 Å². The van der Waals surface area contributed by atoms with Crippen molar-refractivity contribution in [3.05, 3.63) is 47.1 Å². The minimum Gasteiger partial charge on any atom is -0.508 e. The van der Waals surface area contributed by atoms with E-state index in [-0.39, 0.29) is 0 Å². The van der Waals surface area contributed by atoms with E-state index < -0.39 is 0 Å². The number of benzene rings is 1. The first-order valence-corrected chi connectivity index (χ1v) is 9.26. The van der Waals surface area contributed by atoms with Gasteiger partial charge in [-0.3, -0.25) is 0 Å².